The van der Waals surface area contributed by atoms with Gasteiger partial charge in [0.1, 0.15) is 17.6 Å². The Labute approximate surface area is 83.0 Å². The van der Waals surface area contributed by atoms with Gasteiger partial charge in [-0.05, 0) is 24.6 Å². The molecule has 1 aromatic rings. The number of rotatable bonds is 4. The fraction of sp³-hybridized carbons (Fsp3) is 0.455. The third-order valence-electron chi connectivity index (χ3n) is 2.30. The number of aliphatic hydroxyl groups excluding tert-OH is 1. The number of furan rings is 1. The molecule has 1 unspecified atom stereocenters. The molecule has 1 aliphatic heterocycles. The van der Waals surface area contributed by atoms with Crippen LogP contribution in [0.4, 0.5) is 0 Å². The molecule has 3 nitrogen and oxygen atoms in total. The topological polar surface area (TPSA) is 42.6 Å². The maximum Gasteiger partial charge on any atom is 0.121 e. The fourth-order valence-electron chi connectivity index (χ4n) is 1.55. The minimum absolute atomic E-state index is 0.484. The van der Waals surface area contributed by atoms with E-state index in [-0.39, 0.29) is 0 Å². The Balaban J connectivity index is 1.80. The van der Waals surface area contributed by atoms with Gasteiger partial charge in [0.15, 0.2) is 0 Å². The molecule has 14 heavy (non-hydrogen) atoms. The van der Waals surface area contributed by atoms with Gasteiger partial charge in [-0.3, -0.25) is 0 Å². The molecule has 0 bridgehead atoms. The van der Waals surface area contributed by atoms with Gasteiger partial charge >= 0.3 is 0 Å². The van der Waals surface area contributed by atoms with Crippen molar-refractivity contribution in [1.82, 2.24) is 0 Å². The molecule has 0 aromatic carbocycles. The fourth-order valence-corrected chi connectivity index (χ4v) is 1.55. The minimum atomic E-state index is -0.484. The highest BCUT2D eigenvalue weighted by atomic mass is 16.5. The summed E-state index contributed by atoms with van der Waals surface area (Å²) in [5, 5.41) is 9.71. The molecule has 0 saturated carbocycles. The Morgan fingerprint density at radius 2 is 2.43 bits per heavy atom. The highest BCUT2D eigenvalue weighted by Gasteiger charge is 2.15. The molecule has 1 aliphatic rings. The summed E-state index contributed by atoms with van der Waals surface area (Å²) in [4.78, 5) is 0. The van der Waals surface area contributed by atoms with E-state index in [9.17, 15) is 5.11 Å². The molecule has 0 aliphatic carbocycles. The van der Waals surface area contributed by atoms with E-state index in [1.165, 1.54) is 0 Å². The predicted octanol–water partition coefficient (Wildman–Crippen LogP) is 1.88. The zero-order chi connectivity index (χ0) is 9.80. The summed E-state index contributed by atoms with van der Waals surface area (Å²) in [6, 6.07) is 3.77. The number of aliphatic hydroxyl groups is 1. The quantitative estimate of drug-likeness (QED) is 0.795. The third kappa shape index (κ3) is 2.17. The van der Waals surface area contributed by atoms with Crippen molar-refractivity contribution in [2.24, 2.45) is 0 Å². The average molecular weight is 194 g/mol. The summed E-state index contributed by atoms with van der Waals surface area (Å²) in [6.07, 6.45) is 5.42. The Hall–Kier alpha value is -1.22. The first kappa shape index (κ1) is 9.34. The summed E-state index contributed by atoms with van der Waals surface area (Å²) in [5.74, 6) is 1.62. The van der Waals surface area contributed by atoms with E-state index in [1.807, 2.05) is 18.2 Å². The van der Waals surface area contributed by atoms with E-state index in [2.05, 4.69) is 0 Å². The van der Waals surface area contributed by atoms with Crippen LogP contribution in [0.2, 0.25) is 0 Å². The predicted molar refractivity (Wildman–Crippen MR) is 51.7 cm³/mol. The standard InChI is InChI=1S/C11H14O3/c12-10(11-4-2-8-14-11)6-5-9-3-1-7-13-9/h1,3-4,7,10,12H,2,5-6,8H2. The Kier molecular flexibility index (Phi) is 2.89. The van der Waals surface area contributed by atoms with Gasteiger partial charge in [-0.15, -0.1) is 0 Å². The molecule has 0 radical (unpaired) electrons. The highest BCUT2D eigenvalue weighted by molar-refractivity contribution is 5.05. The second-order valence-electron chi connectivity index (χ2n) is 3.38. The van der Waals surface area contributed by atoms with Gasteiger partial charge in [0.2, 0.25) is 0 Å². The normalized spacial score (nSPS) is 17.6. The van der Waals surface area contributed by atoms with Crippen molar-refractivity contribution in [2.75, 3.05) is 6.61 Å². The van der Waals surface area contributed by atoms with Crippen molar-refractivity contribution in [2.45, 2.75) is 25.4 Å². The van der Waals surface area contributed by atoms with E-state index in [0.29, 0.717) is 13.0 Å². The summed E-state index contributed by atoms with van der Waals surface area (Å²) in [6.45, 7) is 0.702. The van der Waals surface area contributed by atoms with Crippen LogP contribution in [0.25, 0.3) is 0 Å². The molecule has 2 heterocycles. The molecule has 0 amide bonds. The van der Waals surface area contributed by atoms with Crippen molar-refractivity contribution >= 4 is 0 Å². The van der Waals surface area contributed by atoms with Crippen LogP contribution in [-0.4, -0.2) is 17.8 Å². The zero-order valence-electron chi connectivity index (χ0n) is 7.98. The van der Waals surface area contributed by atoms with Crippen molar-refractivity contribution < 1.29 is 14.3 Å². The second-order valence-corrected chi connectivity index (χ2v) is 3.38. The maximum atomic E-state index is 9.71. The van der Waals surface area contributed by atoms with E-state index >= 15 is 0 Å². The van der Waals surface area contributed by atoms with Gasteiger partial charge in [-0.2, -0.15) is 0 Å². The Bertz CT molecular complexity index is 300. The Morgan fingerprint density at radius 1 is 1.50 bits per heavy atom. The van der Waals surface area contributed by atoms with E-state index in [0.717, 1.165) is 24.4 Å². The first-order valence-electron chi connectivity index (χ1n) is 4.89. The van der Waals surface area contributed by atoms with Gasteiger partial charge in [0.05, 0.1) is 12.9 Å². The molecule has 0 spiro atoms. The average Bonchev–Trinajstić information content (AvgIpc) is 2.87. The molecule has 1 aromatic heterocycles. The van der Waals surface area contributed by atoms with E-state index in [4.69, 9.17) is 9.15 Å². The van der Waals surface area contributed by atoms with Crippen LogP contribution < -0.4 is 0 Å². The summed E-state index contributed by atoms with van der Waals surface area (Å²) < 4.78 is 10.4. The lowest BCUT2D eigenvalue weighted by Gasteiger charge is -2.10. The van der Waals surface area contributed by atoms with Crippen molar-refractivity contribution in [3.05, 3.63) is 36.0 Å². The van der Waals surface area contributed by atoms with Gasteiger partial charge < -0.3 is 14.3 Å². The molecule has 2 rings (SSSR count). The first-order valence-corrected chi connectivity index (χ1v) is 4.89. The van der Waals surface area contributed by atoms with Crippen LogP contribution in [0.1, 0.15) is 18.6 Å². The van der Waals surface area contributed by atoms with Gasteiger partial charge in [0.25, 0.3) is 0 Å². The number of hydrogen-bond donors (Lipinski definition) is 1. The van der Waals surface area contributed by atoms with Gasteiger partial charge in [-0.25, -0.2) is 0 Å². The SMILES string of the molecule is OC(CCc1ccco1)C1=CCCO1. The van der Waals surface area contributed by atoms with Crippen LogP contribution >= 0.6 is 0 Å². The Morgan fingerprint density at radius 3 is 3.07 bits per heavy atom. The molecule has 0 fully saturated rings. The van der Waals surface area contributed by atoms with Crippen LogP contribution in [0.15, 0.2) is 34.6 Å². The molecule has 1 atom stereocenters. The maximum absolute atomic E-state index is 9.71. The monoisotopic (exact) mass is 194 g/mol. The lowest BCUT2D eigenvalue weighted by atomic mass is 10.1. The van der Waals surface area contributed by atoms with Gasteiger partial charge in [0, 0.05) is 12.8 Å². The molecular formula is C11H14O3. The lowest BCUT2D eigenvalue weighted by Crippen LogP contribution is -2.11. The zero-order valence-corrected chi connectivity index (χ0v) is 7.98. The summed E-state index contributed by atoms with van der Waals surface area (Å²) in [5.41, 5.74) is 0. The number of ether oxygens (including phenoxy) is 1. The summed E-state index contributed by atoms with van der Waals surface area (Å²) >= 11 is 0. The minimum Gasteiger partial charge on any atom is -0.495 e. The lowest BCUT2D eigenvalue weighted by molar-refractivity contribution is 0.111. The number of hydrogen-bond acceptors (Lipinski definition) is 3. The van der Waals surface area contributed by atoms with E-state index < -0.39 is 6.10 Å². The van der Waals surface area contributed by atoms with Crippen molar-refractivity contribution in [3.8, 4) is 0 Å². The molecule has 3 heteroatoms. The van der Waals surface area contributed by atoms with Crippen LogP contribution in [-0.2, 0) is 11.2 Å². The summed E-state index contributed by atoms with van der Waals surface area (Å²) in [7, 11) is 0. The first-order chi connectivity index (χ1) is 6.86. The van der Waals surface area contributed by atoms with Crippen molar-refractivity contribution in [1.29, 1.82) is 0 Å². The van der Waals surface area contributed by atoms with Crippen molar-refractivity contribution in [3.63, 3.8) is 0 Å². The molecule has 76 valence electrons. The largest absolute Gasteiger partial charge is 0.495 e. The third-order valence-corrected chi connectivity index (χ3v) is 2.30. The second kappa shape index (κ2) is 4.33. The molecular weight excluding hydrogens is 180 g/mol. The number of aryl methyl sites for hydroxylation is 1. The van der Waals surface area contributed by atoms with E-state index in [1.54, 1.807) is 6.26 Å². The van der Waals surface area contributed by atoms with Crippen LogP contribution in [0.5, 0.6) is 0 Å². The van der Waals surface area contributed by atoms with Crippen LogP contribution in [0, 0.1) is 0 Å². The molecule has 1 N–H and O–H groups in total. The molecule has 0 saturated heterocycles. The van der Waals surface area contributed by atoms with Gasteiger partial charge in [-0.1, -0.05) is 0 Å². The van der Waals surface area contributed by atoms with Crippen LogP contribution in [0.3, 0.4) is 0 Å². The smallest absolute Gasteiger partial charge is 0.121 e. The highest BCUT2D eigenvalue weighted by Crippen LogP contribution is 2.17.